The van der Waals surface area contributed by atoms with Crippen LogP contribution in [-0.4, -0.2) is 26.3 Å². The van der Waals surface area contributed by atoms with E-state index < -0.39 is 15.9 Å². The molecule has 0 aliphatic carbocycles. The Morgan fingerprint density at radius 3 is 2.14 bits per heavy atom. The average Bonchev–Trinajstić information content (AvgIpc) is 3.38. The number of ether oxygens (including phenoxy) is 1. The Balaban J connectivity index is 1.50. The van der Waals surface area contributed by atoms with E-state index in [1.54, 1.807) is 66.8 Å². The first-order chi connectivity index (χ1) is 16.8. The standard InChI is InChI=1S/C26H22FNO6S/c1-32-22-12-6-20(7-13-22)26(29)28(18-24-3-2-16-33-24)17-19-4-10-23(11-5-19)34-35(30,31)25-14-8-21(27)9-15-25/h2-16H,17-18H2,1H3. The van der Waals surface area contributed by atoms with Crippen molar-refractivity contribution in [1.29, 1.82) is 0 Å². The molecule has 0 saturated heterocycles. The van der Waals surface area contributed by atoms with Gasteiger partial charge in [0, 0.05) is 12.1 Å². The van der Waals surface area contributed by atoms with Crippen LogP contribution in [-0.2, 0) is 23.2 Å². The maximum absolute atomic E-state index is 13.2. The highest BCUT2D eigenvalue weighted by molar-refractivity contribution is 7.87. The van der Waals surface area contributed by atoms with Crippen LogP contribution >= 0.6 is 0 Å². The third-order valence-corrected chi connectivity index (χ3v) is 6.42. The minimum atomic E-state index is -4.11. The lowest BCUT2D eigenvalue weighted by molar-refractivity contribution is 0.0717. The summed E-state index contributed by atoms with van der Waals surface area (Å²) < 4.78 is 53.7. The van der Waals surface area contributed by atoms with E-state index in [4.69, 9.17) is 13.3 Å². The smallest absolute Gasteiger partial charge is 0.339 e. The van der Waals surface area contributed by atoms with Crippen molar-refractivity contribution < 1.29 is 30.9 Å². The third-order valence-electron chi connectivity index (χ3n) is 5.16. The molecule has 0 atom stereocenters. The second kappa shape index (κ2) is 10.4. The summed E-state index contributed by atoms with van der Waals surface area (Å²) in [6.07, 6.45) is 1.54. The molecule has 0 unspecified atom stereocenters. The Labute approximate surface area is 202 Å². The fourth-order valence-electron chi connectivity index (χ4n) is 3.35. The largest absolute Gasteiger partial charge is 0.497 e. The van der Waals surface area contributed by atoms with Crippen LogP contribution in [0.4, 0.5) is 4.39 Å². The summed E-state index contributed by atoms with van der Waals surface area (Å²) >= 11 is 0. The lowest BCUT2D eigenvalue weighted by atomic mass is 10.1. The summed E-state index contributed by atoms with van der Waals surface area (Å²) in [6, 6.07) is 21.0. The SMILES string of the molecule is COc1ccc(C(=O)N(Cc2ccc(OS(=O)(=O)c3ccc(F)cc3)cc2)Cc2ccco2)cc1. The molecule has 35 heavy (non-hydrogen) atoms. The van der Waals surface area contributed by atoms with Gasteiger partial charge in [-0.3, -0.25) is 4.79 Å². The van der Waals surface area contributed by atoms with Crippen LogP contribution in [0.5, 0.6) is 11.5 Å². The molecule has 7 nitrogen and oxygen atoms in total. The van der Waals surface area contributed by atoms with Crippen molar-refractivity contribution >= 4 is 16.0 Å². The van der Waals surface area contributed by atoms with Gasteiger partial charge in [0.05, 0.1) is 19.9 Å². The number of halogens is 1. The summed E-state index contributed by atoms with van der Waals surface area (Å²) in [4.78, 5) is 14.7. The minimum absolute atomic E-state index is 0.0946. The zero-order chi connectivity index (χ0) is 24.8. The maximum Gasteiger partial charge on any atom is 0.339 e. The Bertz CT molecular complexity index is 1370. The molecule has 180 valence electrons. The summed E-state index contributed by atoms with van der Waals surface area (Å²) in [5.41, 5.74) is 1.24. The lowest BCUT2D eigenvalue weighted by Gasteiger charge is -2.22. The summed E-state index contributed by atoms with van der Waals surface area (Å²) in [7, 11) is -2.56. The highest BCUT2D eigenvalue weighted by Gasteiger charge is 2.19. The van der Waals surface area contributed by atoms with Gasteiger partial charge in [0.15, 0.2) is 0 Å². The molecule has 1 aromatic heterocycles. The first-order valence-electron chi connectivity index (χ1n) is 10.6. The van der Waals surface area contributed by atoms with Gasteiger partial charge in [-0.2, -0.15) is 8.42 Å². The van der Waals surface area contributed by atoms with Crippen molar-refractivity contribution in [2.24, 2.45) is 0 Å². The normalized spacial score (nSPS) is 11.1. The molecule has 0 aliphatic rings. The number of rotatable bonds is 9. The second-order valence-corrected chi connectivity index (χ2v) is 9.15. The zero-order valence-electron chi connectivity index (χ0n) is 18.8. The van der Waals surface area contributed by atoms with Crippen molar-refractivity contribution in [3.63, 3.8) is 0 Å². The van der Waals surface area contributed by atoms with Crippen LogP contribution in [0, 0.1) is 5.82 Å². The van der Waals surface area contributed by atoms with Crippen molar-refractivity contribution in [1.82, 2.24) is 4.90 Å². The summed E-state index contributed by atoms with van der Waals surface area (Å²) in [6.45, 7) is 0.492. The quantitative estimate of drug-likeness (QED) is 0.303. The highest BCUT2D eigenvalue weighted by Crippen LogP contribution is 2.22. The Morgan fingerprint density at radius 2 is 1.54 bits per heavy atom. The number of hydrogen-bond acceptors (Lipinski definition) is 6. The molecule has 4 rings (SSSR count). The van der Waals surface area contributed by atoms with E-state index in [0.717, 1.165) is 29.8 Å². The Morgan fingerprint density at radius 1 is 0.886 bits per heavy atom. The van der Waals surface area contributed by atoms with Crippen LogP contribution in [0.15, 0.2) is 101 Å². The molecule has 0 N–H and O–H groups in total. The third kappa shape index (κ3) is 6.07. The number of carbonyl (C=O) groups is 1. The molecule has 0 saturated carbocycles. The van der Waals surface area contributed by atoms with Crippen molar-refractivity contribution in [2.75, 3.05) is 7.11 Å². The second-order valence-electron chi connectivity index (χ2n) is 7.60. The molecule has 0 fully saturated rings. The zero-order valence-corrected chi connectivity index (χ0v) is 19.6. The van der Waals surface area contributed by atoms with E-state index in [1.807, 2.05) is 0 Å². The topological polar surface area (TPSA) is 86.0 Å². The molecule has 4 aromatic rings. The van der Waals surface area contributed by atoms with E-state index in [1.165, 1.54) is 12.1 Å². The Hall–Kier alpha value is -4.11. The van der Waals surface area contributed by atoms with Crippen molar-refractivity contribution in [3.05, 3.63) is 114 Å². The van der Waals surface area contributed by atoms with E-state index in [0.29, 0.717) is 17.1 Å². The molecule has 9 heteroatoms. The number of amides is 1. The van der Waals surface area contributed by atoms with Crippen LogP contribution < -0.4 is 8.92 Å². The van der Waals surface area contributed by atoms with Gasteiger partial charge in [-0.1, -0.05) is 12.1 Å². The first kappa shape index (κ1) is 24.0. The van der Waals surface area contributed by atoms with Gasteiger partial charge in [0.1, 0.15) is 28.0 Å². The number of hydrogen-bond donors (Lipinski definition) is 0. The van der Waals surface area contributed by atoms with E-state index in [-0.39, 0.29) is 29.6 Å². The first-order valence-corrected chi connectivity index (χ1v) is 12.0. The number of nitrogens with zero attached hydrogens (tertiary/aromatic N) is 1. The Kier molecular flexibility index (Phi) is 7.17. The summed E-state index contributed by atoms with van der Waals surface area (Å²) in [5.74, 6) is 0.611. The fourth-order valence-corrected chi connectivity index (χ4v) is 4.28. The van der Waals surface area contributed by atoms with Gasteiger partial charge in [-0.25, -0.2) is 4.39 Å². The van der Waals surface area contributed by atoms with Crippen LogP contribution in [0.1, 0.15) is 21.7 Å². The predicted molar refractivity (Wildman–Crippen MR) is 126 cm³/mol. The lowest BCUT2D eigenvalue weighted by Crippen LogP contribution is -2.30. The molecule has 1 heterocycles. The minimum Gasteiger partial charge on any atom is -0.497 e. The highest BCUT2D eigenvalue weighted by atomic mass is 32.2. The monoisotopic (exact) mass is 495 g/mol. The molecule has 0 bridgehead atoms. The number of carbonyl (C=O) groups excluding carboxylic acids is 1. The molecular formula is C26H22FNO6S. The number of benzene rings is 3. The van der Waals surface area contributed by atoms with Gasteiger partial charge in [0.2, 0.25) is 0 Å². The molecule has 0 aliphatic heterocycles. The number of methoxy groups -OCH3 is 1. The van der Waals surface area contributed by atoms with Crippen LogP contribution in [0.25, 0.3) is 0 Å². The van der Waals surface area contributed by atoms with E-state index in [9.17, 15) is 17.6 Å². The fraction of sp³-hybridized carbons (Fsp3) is 0.115. The predicted octanol–water partition coefficient (Wildman–Crippen LogP) is 5.04. The van der Waals surface area contributed by atoms with Crippen molar-refractivity contribution in [2.45, 2.75) is 18.0 Å². The van der Waals surface area contributed by atoms with E-state index in [2.05, 4.69) is 0 Å². The van der Waals surface area contributed by atoms with Gasteiger partial charge < -0.3 is 18.2 Å². The summed E-state index contributed by atoms with van der Waals surface area (Å²) in [5, 5.41) is 0. The molecular weight excluding hydrogens is 473 g/mol. The van der Waals surface area contributed by atoms with Gasteiger partial charge in [0.25, 0.3) is 5.91 Å². The van der Waals surface area contributed by atoms with Crippen molar-refractivity contribution in [3.8, 4) is 11.5 Å². The molecule has 0 radical (unpaired) electrons. The molecule has 0 spiro atoms. The maximum atomic E-state index is 13.2. The van der Waals surface area contributed by atoms with Crippen LogP contribution in [0.2, 0.25) is 0 Å². The van der Waals surface area contributed by atoms with Gasteiger partial charge >= 0.3 is 10.1 Å². The van der Waals surface area contributed by atoms with Gasteiger partial charge in [-0.15, -0.1) is 0 Å². The number of furan rings is 1. The van der Waals surface area contributed by atoms with Crippen LogP contribution in [0.3, 0.4) is 0 Å². The molecule has 1 amide bonds. The van der Waals surface area contributed by atoms with Gasteiger partial charge in [-0.05, 0) is 78.4 Å². The molecule has 3 aromatic carbocycles. The van der Waals surface area contributed by atoms with E-state index >= 15 is 0 Å². The average molecular weight is 496 g/mol.